The van der Waals surface area contributed by atoms with Crippen LogP contribution < -0.4 is 4.90 Å². The molecule has 0 bridgehead atoms. The maximum Gasteiger partial charge on any atom is 0.180 e. The number of rotatable bonds is 8. The summed E-state index contributed by atoms with van der Waals surface area (Å²) in [7, 11) is -3.24. The van der Waals surface area contributed by atoms with Gasteiger partial charge in [0.15, 0.2) is 9.84 Å². The molecule has 1 N–H and O–H groups in total. The largest absolute Gasteiger partial charge is 0.395 e. The van der Waals surface area contributed by atoms with Crippen LogP contribution in [0, 0.1) is 0 Å². The lowest BCUT2D eigenvalue weighted by Crippen LogP contribution is -2.29. The van der Waals surface area contributed by atoms with Crippen LogP contribution in [0.4, 0.5) is 5.69 Å². The van der Waals surface area contributed by atoms with Crippen molar-refractivity contribution in [2.45, 2.75) is 31.6 Å². The molecule has 108 valence electrons. The number of unbranched alkanes of at least 4 members (excludes halogenated alkanes) is 1. The van der Waals surface area contributed by atoms with Gasteiger partial charge in [-0.15, -0.1) is 0 Å². The Morgan fingerprint density at radius 3 is 2.42 bits per heavy atom. The molecule has 0 aromatic heterocycles. The van der Waals surface area contributed by atoms with Crippen LogP contribution in [0.15, 0.2) is 29.2 Å². The monoisotopic (exact) mass is 285 g/mol. The summed E-state index contributed by atoms with van der Waals surface area (Å²) in [6.45, 7) is 4.97. The average Bonchev–Trinajstić information content (AvgIpc) is 2.43. The predicted molar refractivity (Wildman–Crippen MR) is 78.4 cm³/mol. The smallest absolute Gasteiger partial charge is 0.180 e. The summed E-state index contributed by atoms with van der Waals surface area (Å²) in [4.78, 5) is 2.31. The molecule has 5 heteroatoms. The third-order valence-corrected chi connectivity index (χ3v) is 4.85. The minimum atomic E-state index is -3.24. The van der Waals surface area contributed by atoms with Gasteiger partial charge in [-0.2, -0.15) is 0 Å². The van der Waals surface area contributed by atoms with Crippen molar-refractivity contribution in [3.05, 3.63) is 24.3 Å². The fourth-order valence-corrected chi connectivity index (χ4v) is 3.07. The molecule has 0 unspecified atom stereocenters. The lowest BCUT2D eigenvalue weighted by atomic mass is 10.2. The minimum absolute atomic E-state index is 0.0181. The molecule has 0 radical (unpaired) electrons. The van der Waals surface area contributed by atoms with Crippen molar-refractivity contribution >= 4 is 15.5 Å². The summed E-state index contributed by atoms with van der Waals surface area (Å²) >= 11 is 0. The number of para-hydroxylation sites is 1. The molecule has 0 amide bonds. The van der Waals surface area contributed by atoms with E-state index in [1.54, 1.807) is 19.1 Å². The van der Waals surface area contributed by atoms with Crippen molar-refractivity contribution in [3.63, 3.8) is 0 Å². The first kappa shape index (κ1) is 16.0. The first-order valence-corrected chi connectivity index (χ1v) is 8.39. The topological polar surface area (TPSA) is 57.6 Å². The maximum absolute atomic E-state index is 12.1. The molecule has 0 atom stereocenters. The third-order valence-electron chi connectivity index (χ3n) is 3.07. The van der Waals surface area contributed by atoms with Crippen LogP contribution in [0.1, 0.15) is 26.7 Å². The summed E-state index contributed by atoms with van der Waals surface area (Å²) in [5.41, 5.74) is 0.701. The Bertz CT molecular complexity index is 485. The summed E-state index contributed by atoms with van der Waals surface area (Å²) in [6.07, 6.45) is 2.01. The van der Waals surface area contributed by atoms with E-state index in [2.05, 4.69) is 6.92 Å². The van der Waals surface area contributed by atoms with E-state index in [0.29, 0.717) is 17.1 Å². The van der Waals surface area contributed by atoms with Gasteiger partial charge in [0.05, 0.1) is 22.9 Å². The highest BCUT2D eigenvalue weighted by Crippen LogP contribution is 2.26. The molecule has 4 nitrogen and oxygen atoms in total. The molecule has 1 aromatic rings. The fraction of sp³-hybridized carbons (Fsp3) is 0.571. The van der Waals surface area contributed by atoms with Crippen molar-refractivity contribution in [1.29, 1.82) is 0 Å². The lowest BCUT2D eigenvalue weighted by Gasteiger charge is -2.26. The molecule has 0 saturated carbocycles. The van der Waals surface area contributed by atoms with E-state index < -0.39 is 9.84 Å². The van der Waals surface area contributed by atoms with Gasteiger partial charge in [0.1, 0.15) is 0 Å². The quantitative estimate of drug-likeness (QED) is 0.794. The SMILES string of the molecule is CCCCN(CCO)c1ccccc1S(=O)(=O)CC. The lowest BCUT2D eigenvalue weighted by molar-refractivity contribution is 0.301. The average molecular weight is 285 g/mol. The molecular weight excluding hydrogens is 262 g/mol. The standard InChI is InChI=1S/C14H23NO3S/c1-3-5-10-15(11-12-16)13-8-6-7-9-14(13)19(17,18)4-2/h6-9,16H,3-5,10-12H2,1-2H3. The number of aliphatic hydroxyl groups excluding tert-OH is 1. The number of sulfone groups is 1. The summed E-state index contributed by atoms with van der Waals surface area (Å²) in [5, 5.41) is 9.16. The minimum Gasteiger partial charge on any atom is -0.395 e. The van der Waals surface area contributed by atoms with E-state index in [0.717, 1.165) is 19.4 Å². The number of nitrogens with zero attached hydrogens (tertiary/aromatic N) is 1. The van der Waals surface area contributed by atoms with Gasteiger partial charge >= 0.3 is 0 Å². The van der Waals surface area contributed by atoms with Crippen LogP contribution >= 0.6 is 0 Å². The number of aliphatic hydroxyl groups is 1. The van der Waals surface area contributed by atoms with E-state index >= 15 is 0 Å². The van der Waals surface area contributed by atoms with Gasteiger partial charge < -0.3 is 10.0 Å². The van der Waals surface area contributed by atoms with E-state index in [-0.39, 0.29) is 12.4 Å². The van der Waals surface area contributed by atoms with Gasteiger partial charge in [0.2, 0.25) is 0 Å². The van der Waals surface area contributed by atoms with Gasteiger partial charge in [0, 0.05) is 13.1 Å². The first-order chi connectivity index (χ1) is 9.06. The predicted octanol–water partition coefficient (Wildman–Crippen LogP) is 2.08. The van der Waals surface area contributed by atoms with Crippen molar-refractivity contribution in [3.8, 4) is 0 Å². The fourth-order valence-electron chi connectivity index (χ4n) is 1.96. The molecular formula is C14H23NO3S. The van der Waals surface area contributed by atoms with E-state index in [1.807, 2.05) is 17.0 Å². The summed E-state index contributed by atoms with van der Waals surface area (Å²) in [5.74, 6) is 0.0881. The van der Waals surface area contributed by atoms with Crippen LogP contribution in [0.2, 0.25) is 0 Å². The summed E-state index contributed by atoms with van der Waals surface area (Å²) < 4.78 is 24.2. The Labute approximate surface area is 116 Å². The van der Waals surface area contributed by atoms with Crippen molar-refractivity contribution in [2.24, 2.45) is 0 Å². The highest BCUT2D eigenvalue weighted by molar-refractivity contribution is 7.91. The van der Waals surface area contributed by atoms with Crippen LogP contribution in [-0.2, 0) is 9.84 Å². The van der Waals surface area contributed by atoms with E-state index in [4.69, 9.17) is 5.11 Å². The van der Waals surface area contributed by atoms with Crippen LogP contribution in [-0.4, -0.2) is 39.0 Å². The van der Waals surface area contributed by atoms with Crippen molar-refractivity contribution < 1.29 is 13.5 Å². The number of hydrogen-bond acceptors (Lipinski definition) is 4. The van der Waals surface area contributed by atoms with Gasteiger partial charge in [-0.25, -0.2) is 8.42 Å². The van der Waals surface area contributed by atoms with Gasteiger partial charge in [-0.1, -0.05) is 32.4 Å². The zero-order valence-electron chi connectivity index (χ0n) is 11.7. The second-order valence-corrected chi connectivity index (χ2v) is 6.68. The van der Waals surface area contributed by atoms with Crippen molar-refractivity contribution in [1.82, 2.24) is 0 Å². The third kappa shape index (κ3) is 4.21. The molecule has 0 aliphatic carbocycles. The molecule has 0 heterocycles. The number of benzene rings is 1. The highest BCUT2D eigenvalue weighted by atomic mass is 32.2. The highest BCUT2D eigenvalue weighted by Gasteiger charge is 2.19. The molecule has 0 spiro atoms. The Kier molecular flexibility index (Phi) is 6.31. The molecule has 1 aromatic carbocycles. The van der Waals surface area contributed by atoms with Gasteiger partial charge in [0.25, 0.3) is 0 Å². The molecule has 0 aliphatic heterocycles. The molecule has 0 aliphatic rings. The number of hydrogen-bond donors (Lipinski definition) is 1. The zero-order valence-corrected chi connectivity index (χ0v) is 12.5. The second-order valence-electron chi connectivity index (χ2n) is 4.44. The van der Waals surface area contributed by atoms with Crippen LogP contribution in [0.3, 0.4) is 0 Å². The molecule has 1 rings (SSSR count). The molecule has 19 heavy (non-hydrogen) atoms. The van der Waals surface area contributed by atoms with Crippen LogP contribution in [0.5, 0.6) is 0 Å². The van der Waals surface area contributed by atoms with Gasteiger partial charge in [-0.3, -0.25) is 0 Å². The Morgan fingerprint density at radius 1 is 1.16 bits per heavy atom. The van der Waals surface area contributed by atoms with Crippen molar-refractivity contribution in [2.75, 3.05) is 30.3 Å². The number of anilines is 1. The normalized spacial score (nSPS) is 11.5. The maximum atomic E-state index is 12.1. The Morgan fingerprint density at radius 2 is 1.84 bits per heavy atom. The summed E-state index contributed by atoms with van der Waals surface area (Å²) in [6, 6.07) is 7.03. The molecule has 0 saturated heterocycles. The zero-order chi connectivity index (χ0) is 14.3. The first-order valence-electron chi connectivity index (χ1n) is 6.74. The van der Waals surface area contributed by atoms with Crippen LogP contribution in [0.25, 0.3) is 0 Å². The molecule has 0 fully saturated rings. The van der Waals surface area contributed by atoms with E-state index in [9.17, 15) is 8.42 Å². The second kappa shape index (κ2) is 7.50. The van der Waals surface area contributed by atoms with Gasteiger partial charge in [-0.05, 0) is 18.6 Å². The Hall–Kier alpha value is -1.07. The van der Waals surface area contributed by atoms with E-state index in [1.165, 1.54) is 0 Å². The Balaban J connectivity index is 3.15.